The van der Waals surface area contributed by atoms with Gasteiger partial charge in [0.15, 0.2) is 0 Å². The normalized spacial score (nSPS) is 10.6. The van der Waals surface area contributed by atoms with Gasteiger partial charge >= 0.3 is 6.03 Å². The molecule has 0 aliphatic carbocycles. The van der Waals surface area contributed by atoms with Crippen LogP contribution in [0.15, 0.2) is 18.2 Å². The minimum Gasteiger partial charge on any atom is -0.491 e. The average Bonchev–Trinajstić information content (AvgIpc) is 2.43. The van der Waals surface area contributed by atoms with Crippen molar-refractivity contribution in [3.8, 4) is 5.75 Å². The zero-order valence-electron chi connectivity index (χ0n) is 13.3. The molecule has 1 aromatic rings. The Morgan fingerprint density at radius 3 is 2.67 bits per heavy atom. The molecule has 4 nitrogen and oxygen atoms in total. The number of benzene rings is 1. The van der Waals surface area contributed by atoms with Crippen LogP contribution in [0.2, 0.25) is 5.02 Å². The molecular formula is C16H25ClN2O2. The van der Waals surface area contributed by atoms with Crippen molar-refractivity contribution in [2.24, 2.45) is 5.92 Å². The minimum atomic E-state index is -0.130. The van der Waals surface area contributed by atoms with Crippen molar-refractivity contribution in [2.75, 3.05) is 25.0 Å². The SMILES string of the molecule is CCCOc1ccc(Cl)cc1NC(=O)N(CC)CC(C)C. The third-order valence-electron chi connectivity index (χ3n) is 2.90. The molecule has 118 valence electrons. The topological polar surface area (TPSA) is 41.6 Å². The molecule has 21 heavy (non-hydrogen) atoms. The fraction of sp³-hybridized carbons (Fsp3) is 0.562. The molecule has 1 N–H and O–H groups in total. The van der Waals surface area contributed by atoms with Gasteiger partial charge in [-0.05, 0) is 37.5 Å². The zero-order valence-corrected chi connectivity index (χ0v) is 14.0. The van der Waals surface area contributed by atoms with Crippen molar-refractivity contribution in [3.05, 3.63) is 23.2 Å². The molecule has 2 amide bonds. The summed E-state index contributed by atoms with van der Waals surface area (Å²) >= 11 is 6.01. The molecule has 0 aliphatic heterocycles. The lowest BCUT2D eigenvalue weighted by Gasteiger charge is -2.24. The minimum absolute atomic E-state index is 0.130. The summed E-state index contributed by atoms with van der Waals surface area (Å²) in [5.41, 5.74) is 0.614. The Balaban J connectivity index is 2.84. The number of anilines is 1. The number of hydrogen-bond donors (Lipinski definition) is 1. The van der Waals surface area contributed by atoms with Crippen LogP contribution < -0.4 is 10.1 Å². The van der Waals surface area contributed by atoms with E-state index in [1.54, 1.807) is 23.1 Å². The number of urea groups is 1. The lowest BCUT2D eigenvalue weighted by Crippen LogP contribution is -2.37. The number of ether oxygens (including phenoxy) is 1. The van der Waals surface area contributed by atoms with Gasteiger partial charge in [0.05, 0.1) is 12.3 Å². The first-order valence-electron chi connectivity index (χ1n) is 7.46. The summed E-state index contributed by atoms with van der Waals surface area (Å²) in [5, 5.41) is 3.46. The number of amides is 2. The molecule has 0 atom stereocenters. The van der Waals surface area contributed by atoms with Crippen molar-refractivity contribution in [1.29, 1.82) is 0 Å². The zero-order chi connectivity index (χ0) is 15.8. The first-order chi connectivity index (χ1) is 9.97. The van der Waals surface area contributed by atoms with Gasteiger partial charge in [-0.15, -0.1) is 0 Å². The van der Waals surface area contributed by atoms with Crippen LogP contribution in [0, 0.1) is 5.92 Å². The highest BCUT2D eigenvalue weighted by Gasteiger charge is 2.15. The fourth-order valence-electron chi connectivity index (χ4n) is 1.93. The van der Waals surface area contributed by atoms with Crippen LogP contribution >= 0.6 is 11.6 Å². The van der Waals surface area contributed by atoms with E-state index in [1.807, 2.05) is 13.8 Å². The summed E-state index contributed by atoms with van der Waals surface area (Å²) in [5.74, 6) is 1.07. The molecule has 0 saturated carbocycles. The van der Waals surface area contributed by atoms with Crippen LogP contribution in [0.5, 0.6) is 5.75 Å². The third-order valence-corrected chi connectivity index (χ3v) is 3.13. The van der Waals surface area contributed by atoms with Gasteiger partial charge in [-0.3, -0.25) is 0 Å². The summed E-state index contributed by atoms with van der Waals surface area (Å²) in [6.45, 7) is 10.2. The van der Waals surface area contributed by atoms with Gasteiger partial charge in [-0.25, -0.2) is 4.79 Å². The molecule has 1 aromatic carbocycles. The number of nitrogens with zero attached hydrogens (tertiary/aromatic N) is 1. The fourth-order valence-corrected chi connectivity index (χ4v) is 2.10. The first-order valence-corrected chi connectivity index (χ1v) is 7.84. The molecule has 0 aliphatic rings. The van der Waals surface area contributed by atoms with E-state index in [-0.39, 0.29) is 6.03 Å². The molecule has 0 saturated heterocycles. The maximum Gasteiger partial charge on any atom is 0.321 e. The monoisotopic (exact) mass is 312 g/mol. The predicted molar refractivity (Wildman–Crippen MR) is 88.3 cm³/mol. The largest absolute Gasteiger partial charge is 0.491 e. The van der Waals surface area contributed by atoms with Crippen molar-refractivity contribution in [3.63, 3.8) is 0 Å². The summed E-state index contributed by atoms with van der Waals surface area (Å²) in [7, 11) is 0. The highest BCUT2D eigenvalue weighted by atomic mass is 35.5. The number of hydrogen-bond acceptors (Lipinski definition) is 2. The average molecular weight is 313 g/mol. The maximum atomic E-state index is 12.3. The van der Waals surface area contributed by atoms with Crippen LogP contribution in [-0.4, -0.2) is 30.6 Å². The van der Waals surface area contributed by atoms with Gasteiger partial charge in [0, 0.05) is 18.1 Å². The van der Waals surface area contributed by atoms with E-state index >= 15 is 0 Å². The lowest BCUT2D eigenvalue weighted by molar-refractivity contribution is 0.207. The van der Waals surface area contributed by atoms with Crippen molar-refractivity contribution in [1.82, 2.24) is 4.90 Å². The van der Waals surface area contributed by atoms with Crippen LogP contribution in [0.4, 0.5) is 10.5 Å². The van der Waals surface area contributed by atoms with Gasteiger partial charge < -0.3 is 15.0 Å². The Bertz CT molecular complexity index is 464. The lowest BCUT2D eigenvalue weighted by atomic mass is 10.2. The second kappa shape index (κ2) is 8.78. The van der Waals surface area contributed by atoms with Gasteiger partial charge in [-0.2, -0.15) is 0 Å². The van der Waals surface area contributed by atoms with Crippen LogP contribution in [0.3, 0.4) is 0 Å². The molecule has 1 rings (SSSR count). The third kappa shape index (κ3) is 5.84. The van der Waals surface area contributed by atoms with Crippen molar-refractivity contribution >= 4 is 23.3 Å². The number of carbonyl (C=O) groups excluding carboxylic acids is 1. The summed E-state index contributed by atoms with van der Waals surface area (Å²) in [6, 6.07) is 5.13. The first kappa shape index (κ1) is 17.6. The summed E-state index contributed by atoms with van der Waals surface area (Å²) in [6.07, 6.45) is 0.907. The highest BCUT2D eigenvalue weighted by molar-refractivity contribution is 6.31. The van der Waals surface area contributed by atoms with Gasteiger partial charge in [0.25, 0.3) is 0 Å². The van der Waals surface area contributed by atoms with Crippen molar-refractivity contribution < 1.29 is 9.53 Å². The molecule has 0 spiro atoms. The Morgan fingerprint density at radius 1 is 1.38 bits per heavy atom. The van der Waals surface area contributed by atoms with Crippen molar-refractivity contribution in [2.45, 2.75) is 34.1 Å². The van der Waals surface area contributed by atoms with E-state index < -0.39 is 0 Å². The molecular weight excluding hydrogens is 288 g/mol. The quantitative estimate of drug-likeness (QED) is 0.797. The maximum absolute atomic E-state index is 12.3. The predicted octanol–water partition coefficient (Wildman–Crippen LogP) is 4.64. The Labute approximate surface area is 132 Å². The van der Waals surface area contributed by atoms with Crippen LogP contribution in [0.25, 0.3) is 0 Å². The molecule has 0 aromatic heterocycles. The summed E-state index contributed by atoms with van der Waals surface area (Å²) < 4.78 is 5.64. The Kier molecular flexibility index (Phi) is 7.37. The second-order valence-electron chi connectivity index (χ2n) is 5.35. The van der Waals surface area contributed by atoms with E-state index in [1.165, 1.54) is 0 Å². The molecule has 0 radical (unpaired) electrons. The smallest absolute Gasteiger partial charge is 0.321 e. The molecule has 0 fully saturated rings. The highest BCUT2D eigenvalue weighted by Crippen LogP contribution is 2.28. The molecule has 5 heteroatoms. The molecule has 0 unspecified atom stereocenters. The number of rotatable bonds is 7. The van der Waals surface area contributed by atoms with E-state index in [4.69, 9.17) is 16.3 Å². The van der Waals surface area contributed by atoms with Gasteiger partial charge in [0.1, 0.15) is 5.75 Å². The van der Waals surface area contributed by atoms with Gasteiger partial charge in [-0.1, -0.05) is 32.4 Å². The van der Waals surface area contributed by atoms with Crippen LogP contribution in [0.1, 0.15) is 34.1 Å². The summed E-state index contributed by atoms with van der Waals surface area (Å²) in [4.78, 5) is 14.1. The van der Waals surface area contributed by atoms with Gasteiger partial charge in [0.2, 0.25) is 0 Å². The Morgan fingerprint density at radius 2 is 2.10 bits per heavy atom. The van der Waals surface area contributed by atoms with E-state index in [0.29, 0.717) is 42.1 Å². The number of halogens is 1. The Hall–Kier alpha value is -1.42. The van der Waals surface area contributed by atoms with E-state index in [0.717, 1.165) is 6.42 Å². The molecule has 0 heterocycles. The number of carbonyl (C=O) groups is 1. The number of nitrogens with one attached hydrogen (secondary N) is 1. The standard InChI is InChI=1S/C16H25ClN2O2/c1-5-9-21-15-8-7-13(17)10-14(15)18-16(20)19(6-2)11-12(3)4/h7-8,10,12H,5-6,9,11H2,1-4H3,(H,18,20). The molecule has 0 bridgehead atoms. The van der Waals surface area contributed by atoms with E-state index in [9.17, 15) is 4.79 Å². The van der Waals surface area contributed by atoms with Crippen LogP contribution in [-0.2, 0) is 0 Å². The second-order valence-corrected chi connectivity index (χ2v) is 5.79. The van der Waals surface area contributed by atoms with E-state index in [2.05, 4.69) is 19.2 Å².